The summed E-state index contributed by atoms with van der Waals surface area (Å²) in [5.74, 6) is 1.52. The molecule has 3 aromatic heterocycles. The van der Waals surface area contributed by atoms with E-state index in [0.717, 1.165) is 55.6 Å². The van der Waals surface area contributed by atoms with Crippen LogP contribution in [0.25, 0.3) is 11.1 Å². The van der Waals surface area contributed by atoms with Gasteiger partial charge in [0.15, 0.2) is 0 Å². The van der Waals surface area contributed by atoms with Crippen LogP contribution in [-0.2, 0) is 16.0 Å². The summed E-state index contributed by atoms with van der Waals surface area (Å²) < 4.78 is 27.5. The van der Waals surface area contributed by atoms with Crippen LogP contribution in [0.1, 0.15) is 66.3 Å². The van der Waals surface area contributed by atoms with E-state index in [4.69, 9.17) is 35.6 Å². The number of tetrazole rings is 1. The molecule has 2 fully saturated rings. The topological polar surface area (TPSA) is 139 Å². The molecule has 1 aliphatic carbocycles. The highest BCUT2D eigenvalue weighted by Crippen LogP contribution is 2.36. The highest BCUT2D eigenvalue weighted by molar-refractivity contribution is 6.32. The molecule has 15 heteroatoms. The van der Waals surface area contributed by atoms with E-state index in [-0.39, 0.29) is 29.8 Å². The minimum absolute atomic E-state index is 0.190. The van der Waals surface area contributed by atoms with Crippen LogP contribution in [0, 0.1) is 5.41 Å². The van der Waals surface area contributed by atoms with E-state index >= 15 is 0 Å². The smallest absolute Gasteiger partial charge is 0.256 e. The molecule has 0 radical (unpaired) electrons. The fourth-order valence-corrected chi connectivity index (χ4v) is 7.03. The number of halogens is 1. The van der Waals surface area contributed by atoms with E-state index in [9.17, 15) is 0 Å². The van der Waals surface area contributed by atoms with Gasteiger partial charge in [0.05, 0.1) is 49.2 Å². The number of nitrogens with zero attached hydrogens (tertiary/aromatic N) is 9. The first-order valence-electron chi connectivity index (χ1n) is 17.4. The quantitative estimate of drug-likeness (QED) is 0.168. The van der Waals surface area contributed by atoms with Crippen LogP contribution in [0.15, 0.2) is 43.1 Å². The summed E-state index contributed by atoms with van der Waals surface area (Å²) in [4.78, 5) is 11.9. The molecule has 1 N–H and O–H groups in total. The summed E-state index contributed by atoms with van der Waals surface area (Å²) in [5, 5.41) is 20.1. The first-order chi connectivity index (χ1) is 24.0. The van der Waals surface area contributed by atoms with Crippen LogP contribution in [0.3, 0.4) is 0 Å². The Balaban J connectivity index is 1.14. The maximum absolute atomic E-state index is 6.48. The van der Waals surface area contributed by atoms with Crippen LogP contribution in [0.5, 0.6) is 11.6 Å². The predicted octanol–water partition coefficient (Wildman–Crippen LogP) is 5.84. The van der Waals surface area contributed by atoms with Gasteiger partial charge in [0, 0.05) is 49.6 Å². The zero-order chi connectivity index (χ0) is 35.3. The molecule has 3 atom stereocenters. The van der Waals surface area contributed by atoms with Crippen LogP contribution in [0.4, 0.5) is 11.6 Å². The SMILES string of the molecule is COCC(C)(C)COc1nn(C2CCC(N3C[C@@H](C)O[C@@H](C)C3)CC2)cc1Nc1ncc(-c2ccc(Cl)c(O[C@@H](C)Cn3cnnn3)c2)cn1. The molecule has 14 nitrogen and oxygen atoms in total. The lowest BCUT2D eigenvalue weighted by Crippen LogP contribution is -2.51. The molecular weight excluding hydrogens is 660 g/mol. The van der Waals surface area contributed by atoms with Gasteiger partial charge in [-0.15, -0.1) is 10.2 Å². The Hall–Kier alpha value is -3.85. The van der Waals surface area contributed by atoms with E-state index in [1.54, 1.807) is 36.6 Å². The van der Waals surface area contributed by atoms with Gasteiger partial charge in [-0.3, -0.25) is 9.58 Å². The molecule has 50 heavy (non-hydrogen) atoms. The molecule has 2 aliphatic rings. The number of rotatable bonds is 14. The van der Waals surface area contributed by atoms with Gasteiger partial charge in [-0.05, 0) is 74.6 Å². The monoisotopic (exact) mass is 708 g/mol. The molecule has 0 amide bonds. The number of benzene rings is 1. The molecule has 0 unspecified atom stereocenters. The van der Waals surface area contributed by atoms with Gasteiger partial charge in [-0.1, -0.05) is 31.5 Å². The van der Waals surface area contributed by atoms with Gasteiger partial charge < -0.3 is 24.3 Å². The van der Waals surface area contributed by atoms with Crippen molar-refractivity contribution in [3.8, 4) is 22.8 Å². The van der Waals surface area contributed by atoms with Gasteiger partial charge in [0.1, 0.15) is 23.9 Å². The summed E-state index contributed by atoms with van der Waals surface area (Å²) in [7, 11) is 1.70. The van der Waals surface area contributed by atoms with Crippen LogP contribution in [-0.4, -0.2) is 103 Å². The van der Waals surface area contributed by atoms with Gasteiger partial charge in [0.25, 0.3) is 5.88 Å². The highest BCUT2D eigenvalue weighted by atomic mass is 35.5. The minimum Gasteiger partial charge on any atom is -0.487 e. The highest BCUT2D eigenvalue weighted by Gasteiger charge is 2.32. The number of nitrogens with one attached hydrogen (secondary N) is 1. The Labute approximate surface area is 298 Å². The molecule has 6 rings (SSSR count). The lowest BCUT2D eigenvalue weighted by atomic mass is 9.89. The van der Waals surface area contributed by atoms with Gasteiger partial charge in [-0.2, -0.15) is 0 Å². The number of morpholine rings is 1. The molecular formula is C35H49ClN10O4. The van der Waals surface area contributed by atoms with E-state index in [2.05, 4.69) is 68.1 Å². The number of methoxy groups -OCH3 is 1. The molecule has 4 heterocycles. The van der Waals surface area contributed by atoms with Crippen molar-refractivity contribution < 1.29 is 18.9 Å². The maximum Gasteiger partial charge on any atom is 0.256 e. The summed E-state index contributed by atoms with van der Waals surface area (Å²) in [6, 6.07) is 6.47. The largest absolute Gasteiger partial charge is 0.487 e. The van der Waals surface area contributed by atoms with Crippen molar-refractivity contribution in [1.29, 1.82) is 0 Å². The summed E-state index contributed by atoms with van der Waals surface area (Å²) in [6.07, 6.45) is 11.8. The number of anilines is 2. The third-order valence-corrected chi connectivity index (χ3v) is 9.48. The molecule has 1 saturated carbocycles. The Kier molecular flexibility index (Phi) is 11.5. The molecule has 0 bridgehead atoms. The fraction of sp³-hybridized carbons (Fsp3) is 0.600. The summed E-state index contributed by atoms with van der Waals surface area (Å²) in [6.45, 7) is 14.0. The third-order valence-electron chi connectivity index (χ3n) is 9.16. The van der Waals surface area contributed by atoms with E-state index in [1.807, 2.05) is 25.3 Å². The number of hydrogen-bond acceptors (Lipinski definition) is 12. The predicted molar refractivity (Wildman–Crippen MR) is 190 cm³/mol. The second kappa shape index (κ2) is 16.0. The number of ether oxygens (including phenoxy) is 4. The molecule has 4 aromatic rings. The minimum atomic E-state index is -0.209. The molecule has 1 saturated heterocycles. The van der Waals surface area contributed by atoms with Gasteiger partial charge in [-0.25, -0.2) is 14.6 Å². The van der Waals surface area contributed by atoms with Gasteiger partial charge >= 0.3 is 0 Å². The zero-order valence-electron chi connectivity index (χ0n) is 29.8. The fourth-order valence-electron chi connectivity index (χ4n) is 6.87. The molecule has 0 spiro atoms. The lowest BCUT2D eigenvalue weighted by molar-refractivity contribution is -0.0852. The van der Waals surface area contributed by atoms with Crippen molar-refractivity contribution in [2.75, 3.05) is 38.7 Å². The van der Waals surface area contributed by atoms with E-state index < -0.39 is 0 Å². The van der Waals surface area contributed by atoms with Crippen molar-refractivity contribution >= 4 is 23.2 Å². The van der Waals surface area contributed by atoms with Crippen LogP contribution in [0.2, 0.25) is 5.02 Å². The second-order valence-corrected chi connectivity index (χ2v) is 14.8. The maximum atomic E-state index is 6.48. The lowest BCUT2D eigenvalue weighted by Gasteiger charge is -2.42. The molecule has 1 aromatic carbocycles. The number of aromatic nitrogens is 8. The van der Waals surface area contributed by atoms with Crippen molar-refractivity contribution in [2.45, 2.75) is 97.2 Å². The Bertz CT molecular complexity index is 1650. The van der Waals surface area contributed by atoms with E-state index in [0.29, 0.717) is 48.4 Å². The molecule has 270 valence electrons. The first kappa shape index (κ1) is 36.0. The van der Waals surface area contributed by atoms with Crippen molar-refractivity contribution in [2.24, 2.45) is 5.41 Å². The van der Waals surface area contributed by atoms with E-state index in [1.165, 1.54) is 0 Å². The Morgan fingerprint density at radius 1 is 1.02 bits per heavy atom. The number of hydrogen-bond donors (Lipinski definition) is 1. The Morgan fingerprint density at radius 3 is 2.42 bits per heavy atom. The average molecular weight is 709 g/mol. The van der Waals surface area contributed by atoms with Crippen molar-refractivity contribution in [1.82, 2.24) is 44.9 Å². The standard InChI is InChI=1S/C35H49ClN10O4/c1-23-16-44(17-24(2)49-23)28-8-10-29(11-9-28)46-19-31(33(41-46)48-21-35(4,5)20-47-6)40-34-37-14-27(15-38-34)26-7-12-30(36)32(13-26)50-25(3)18-45-22-39-42-43-45/h7,12-15,19,22-25,28-29H,8-11,16-18,20-21H2,1-6H3,(H,37,38,40)/t23-,24+,25-,28?,29?/m0/s1. The van der Waals surface area contributed by atoms with Crippen LogP contribution < -0.4 is 14.8 Å². The van der Waals surface area contributed by atoms with Gasteiger partial charge in [0.2, 0.25) is 5.95 Å². The third kappa shape index (κ3) is 9.27. The summed E-state index contributed by atoms with van der Waals surface area (Å²) >= 11 is 6.48. The normalized spacial score (nSPS) is 22.3. The average Bonchev–Trinajstić information content (AvgIpc) is 3.75. The van der Waals surface area contributed by atoms with Crippen LogP contribution >= 0.6 is 11.6 Å². The molecule has 1 aliphatic heterocycles. The first-order valence-corrected chi connectivity index (χ1v) is 17.8. The van der Waals surface area contributed by atoms with Crippen molar-refractivity contribution in [3.05, 3.63) is 48.1 Å². The zero-order valence-corrected chi connectivity index (χ0v) is 30.6. The Morgan fingerprint density at radius 2 is 1.74 bits per heavy atom. The van der Waals surface area contributed by atoms with Crippen molar-refractivity contribution in [3.63, 3.8) is 0 Å². The second-order valence-electron chi connectivity index (χ2n) is 14.4. The summed E-state index contributed by atoms with van der Waals surface area (Å²) in [5.41, 5.74) is 2.23.